The maximum atomic E-state index is 12.4. The zero-order chi connectivity index (χ0) is 20.3. The van der Waals surface area contributed by atoms with Gasteiger partial charge in [0.2, 0.25) is 5.91 Å². The average molecular weight is 387 g/mol. The zero-order valence-electron chi connectivity index (χ0n) is 16.1. The van der Waals surface area contributed by atoms with E-state index in [-0.39, 0.29) is 18.2 Å². The van der Waals surface area contributed by atoms with E-state index in [1.807, 2.05) is 0 Å². The van der Waals surface area contributed by atoms with E-state index in [1.54, 1.807) is 26.2 Å². The van der Waals surface area contributed by atoms with Crippen molar-refractivity contribution in [2.75, 3.05) is 13.7 Å². The van der Waals surface area contributed by atoms with Gasteiger partial charge in [0.15, 0.2) is 0 Å². The van der Waals surface area contributed by atoms with Gasteiger partial charge in [-0.25, -0.2) is 4.79 Å². The topological polar surface area (TPSA) is 106 Å². The van der Waals surface area contributed by atoms with Crippen LogP contribution in [0.15, 0.2) is 27.4 Å². The summed E-state index contributed by atoms with van der Waals surface area (Å²) in [6.07, 6.45) is 2.99. The summed E-state index contributed by atoms with van der Waals surface area (Å²) in [5.41, 5.74) is 1.26. The molecule has 0 aliphatic heterocycles. The molecule has 1 aliphatic rings. The van der Waals surface area contributed by atoms with E-state index in [2.05, 4.69) is 5.32 Å². The lowest BCUT2D eigenvalue weighted by atomic mass is 9.82. The summed E-state index contributed by atoms with van der Waals surface area (Å²) in [5, 5.41) is 12.7. The number of carboxylic acid groups (broad SMARTS) is 1. The fourth-order valence-corrected chi connectivity index (χ4v) is 3.88. The van der Waals surface area contributed by atoms with E-state index < -0.39 is 11.6 Å². The largest absolute Gasteiger partial charge is 0.496 e. The first kappa shape index (κ1) is 19.9. The van der Waals surface area contributed by atoms with Crippen LogP contribution < -0.4 is 15.7 Å². The van der Waals surface area contributed by atoms with Crippen LogP contribution in [0.3, 0.4) is 0 Å². The van der Waals surface area contributed by atoms with E-state index in [0.717, 1.165) is 23.8 Å². The zero-order valence-corrected chi connectivity index (χ0v) is 16.1. The Kier molecular flexibility index (Phi) is 6.02. The molecule has 1 aromatic heterocycles. The molecule has 3 rings (SSSR count). The fourth-order valence-electron chi connectivity index (χ4n) is 3.88. The number of methoxy groups -OCH3 is 1. The molecule has 1 aromatic carbocycles. The Bertz CT molecular complexity index is 940. The molecule has 1 heterocycles. The molecule has 0 unspecified atom stereocenters. The Labute approximate surface area is 162 Å². The Hall–Kier alpha value is -2.83. The van der Waals surface area contributed by atoms with Gasteiger partial charge < -0.3 is 19.6 Å². The second kappa shape index (κ2) is 8.46. The predicted octanol–water partition coefficient (Wildman–Crippen LogP) is 2.66. The summed E-state index contributed by atoms with van der Waals surface area (Å²) in [6, 6.07) is 4.94. The van der Waals surface area contributed by atoms with Crippen LogP contribution in [-0.4, -0.2) is 30.6 Å². The van der Waals surface area contributed by atoms with Gasteiger partial charge in [0.25, 0.3) is 0 Å². The molecule has 150 valence electrons. The Morgan fingerprint density at radius 1 is 1.25 bits per heavy atom. The molecular weight excluding hydrogens is 362 g/mol. The summed E-state index contributed by atoms with van der Waals surface area (Å²) in [4.78, 5) is 35.4. The van der Waals surface area contributed by atoms with Gasteiger partial charge in [0.1, 0.15) is 11.3 Å². The first-order chi connectivity index (χ1) is 13.4. The third-order valence-corrected chi connectivity index (χ3v) is 5.55. The van der Waals surface area contributed by atoms with Crippen LogP contribution in [0.2, 0.25) is 0 Å². The number of rotatable bonds is 6. The second-order valence-corrected chi connectivity index (χ2v) is 7.40. The first-order valence-corrected chi connectivity index (χ1v) is 9.49. The van der Waals surface area contributed by atoms with Crippen LogP contribution >= 0.6 is 0 Å². The van der Waals surface area contributed by atoms with Crippen molar-refractivity contribution >= 4 is 22.8 Å². The molecule has 1 amide bonds. The van der Waals surface area contributed by atoms with Gasteiger partial charge in [-0.05, 0) is 56.2 Å². The van der Waals surface area contributed by atoms with Crippen LogP contribution in [0.4, 0.5) is 0 Å². The number of aryl methyl sites for hydroxylation is 1. The molecule has 2 N–H and O–H groups in total. The SMILES string of the molecule is COc1ccc2c(CC(=O)NCC3CCC(C(=O)O)CC3)cc(=O)oc2c1C. The van der Waals surface area contributed by atoms with Gasteiger partial charge in [0.05, 0.1) is 19.4 Å². The lowest BCUT2D eigenvalue weighted by molar-refractivity contribution is -0.143. The highest BCUT2D eigenvalue weighted by Gasteiger charge is 2.26. The normalized spacial score (nSPS) is 19.4. The summed E-state index contributed by atoms with van der Waals surface area (Å²) in [5.74, 6) is -0.245. The molecule has 0 radical (unpaired) electrons. The summed E-state index contributed by atoms with van der Waals surface area (Å²) >= 11 is 0. The fraction of sp³-hybridized carbons (Fsp3) is 0.476. The minimum absolute atomic E-state index is 0.0817. The molecule has 1 aliphatic carbocycles. The van der Waals surface area contributed by atoms with Crippen molar-refractivity contribution in [1.29, 1.82) is 0 Å². The van der Waals surface area contributed by atoms with Gasteiger partial charge >= 0.3 is 11.6 Å². The van der Waals surface area contributed by atoms with Gasteiger partial charge in [0, 0.05) is 23.6 Å². The third kappa shape index (κ3) is 4.35. The van der Waals surface area contributed by atoms with Crippen LogP contribution in [0.25, 0.3) is 11.0 Å². The molecule has 1 saturated carbocycles. The summed E-state index contributed by atoms with van der Waals surface area (Å²) in [6.45, 7) is 2.33. The number of carboxylic acids is 1. The van der Waals surface area contributed by atoms with E-state index in [1.165, 1.54) is 6.07 Å². The number of benzene rings is 1. The number of carbonyl (C=O) groups is 2. The molecule has 0 bridgehead atoms. The van der Waals surface area contributed by atoms with E-state index in [9.17, 15) is 14.4 Å². The van der Waals surface area contributed by atoms with Crippen LogP contribution in [0.1, 0.15) is 36.8 Å². The maximum absolute atomic E-state index is 12.4. The molecule has 2 aromatic rings. The number of hydrogen-bond acceptors (Lipinski definition) is 5. The van der Waals surface area contributed by atoms with Crippen LogP contribution in [0.5, 0.6) is 5.75 Å². The highest BCUT2D eigenvalue weighted by Crippen LogP contribution is 2.29. The van der Waals surface area contributed by atoms with Crippen molar-refractivity contribution in [3.63, 3.8) is 0 Å². The molecular formula is C21H25NO6. The lowest BCUT2D eigenvalue weighted by Gasteiger charge is -2.26. The Morgan fingerprint density at radius 3 is 2.61 bits per heavy atom. The Balaban J connectivity index is 1.66. The monoisotopic (exact) mass is 387 g/mol. The number of fused-ring (bicyclic) bond motifs is 1. The quantitative estimate of drug-likeness (QED) is 0.738. The standard InChI is InChI=1S/C21H25NO6/c1-12-17(27-2)8-7-16-15(10-19(24)28-20(12)16)9-18(23)22-11-13-3-5-14(6-4-13)21(25)26/h7-8,10,13-14H,3-6,9,11H2,1-2H3,(H,22,23)(H,25,26). The number of amides is 1. The highest BCUT2D eigenvalue weighted by molar-refractivity contribution is 5.89. The van der Waals surface area contributed by atoms with E-state index >= 15 is 0 Å². The summed E-state index contributed by atoms with van der Waals surface area (Å²) in [7, 11) is 1.55. The minimum Gasteiger partial charge on any atom is -0.496 e. The van der Waals surface area contributed by atoms with Crippen molar-refractivity contribution in [3.05, 3.63) is 39.7 Å². The van der Waals surface area contributed by atoms with E-state index in [0.29, 0.717) is 42.2 Å². The summed E-state index contributed by atoms with van der Waals surface area (Å²) < 4.78 is 10.6. The van der Waals surface area contributed by atoms with Gasteiger partial charge in [-0.2, -0.15) is 0 Å². The van der Waals surface area contributed by atoms with Gasteiger partial charge in [-0.15, -0.1) is 0 Å². The minimum atomic E-state index is -0.732. The third-order valence-electron chi connectivity index (χ3n) is 5.55. The van der Waals surface area contributed by atoms with Crippen molar-refractivity contribution < 1.29 is 23.8 Å². The molecule has 0 saturated heterocycles. The Morgan fingerprint density at radius 2 is 1.96 bits per heavy atom. The molecule has 1 fully saturated rings. The lowest BCUT2D eigenvalue weighted by Crippen LogP contribution is -2.33. The van der Waals surface area contributed by atoms with E-state index in [4.69, 9.17) is 14.3 Å². The van der Waals surface area contributed by atoms with Crippen molar-refractivity contribution in [2.24, 2.45) is 11.8 Å². The van der Waals surface area contributed by atoms with Gasteiger partial charge in [-0.1, -0.05) is 0 Å². The maximum Gasteiger partial charge on any atom is 0.336 e. The predicted molar refractivity (Wildman–Crippen MR) is 104 cm³/mol. The molecule has 28 heavy (non-hydrogen) atoms. The van der Waals surface area contributed by atoms with Crippen LogP contribution in [0, 0.1) is 18.8 Å². The van der Waals surface area contributed by atoms with Gasteiger partial charge in [-0.3, -0.25) is 9.59 Å². The first-order valence-electron chi connectivity index (χ1n) is 9.49. The molecule has 0 spiro atoms. The van der Waals surface area contributed by atoms with Crippen LogP contribution in [-0.2, 0) is 16.0 Å². The number of ether oxygens (including phenoxy) is 1. The second-order valence-electron chi connectivity index (χ2n) is 7.40. The van der Waals surface area contributed by atoms with Crippen molar-refractivity contribution in [1.82, 2.24) is 5.32 Å². The average Bonchev–Trinajstić information content (AvgIpc) is 2.67. The molecule has 7 nitrogen and oxygen atoms in total. The van der Waals surface area contributed by atoms with Crippen molar-refractivity contribution in [3.8, 4) is 5.75 Å². The number of aliphatic carboxylic acids is 1. The smallest absolute Gasteiger partial charge is 0.336 e. The number of hydrogen-bond donors (Lipinski definition) is 2. The number of nitrogens with one attached hydrogen (secondary N) is 1. The highest BCUT2D eigenvalue weighted by atomic mass is 16.5. The van der Waals surface area contributed by atoms with Crippen molar-refractivity contribution in [2.45, 2.75) is 39.0 Å². The molecule has 0 atom stereocenters. The number of carbonyl (C=O) groups excluding carboxylic acids is 1. The molecule has 7 heteroatoms.